The molecule has 3 rings (SSSR count). The summed E-state index contributed by atoms with van der Waals surface area (Å²) in [6, 6.07) is 4.76. The zero-order valence-electron chi connectivity index (χ0n) is 21.2. The number of amidine groups is 1. The topological polar surface area (TPSA) is 25.3 Å². The van der Waals surface area contributed by atoms with Crippen LogP contribution in [0.15, 0.2) is 35.5 Å². The summed E-state index contributed by atoms with van der Waals surface area (Å²) in [6.45, 7) is 25.1. The van der Waals surface area contributed by atoms with E-state index in [1.807, 2.05) is 7.05 Å². The predicted molar refractivity (Wildman–Crippen MR) is 138 cm³/mol. The van der Waals surface area contributed by atoms with Crippen molar-refractivity contribution in [1.29, 1.82) is 0 Å². The molecule has 5 heteroatoms. The number of hydrogen-bond acceptors (Lipinski definition) is 4. The molecular formula is C27H43N5. The Morgan fingerprint density at radius 2 is 1.50 bits per heavy atom. The summed E-state index contributed by atoms with van der Waals surface area (Å²) >= 11 is 0. The van der Waals surface area contributed by atoms with E-state index in [1.165, 1.54) is 33.6 Å². The molecule has 2 saturated heterocycles. The normalized spacial score (nSPS) is 19.0. The SMILES string of the molecule is C=C(c1cc(CN2CCN(/C(C)=C/CC)CC2)c(C)cc1C)N1CCN(/C(C)=N/C)CC1. The van der Waals surface area contributed by atoms with Crippen molar-refractivity contribution < 1.29 is 0 Å². The van der Waals surface area contributed by atoms with Crippen molar-refractivity contribution in [2.24, 2.45) is 4.99 Å². The first-order valence-corrected chi connectivity index (χ1v) is 12.2. The number of piperazine rings is 2. The quantitative estimate of drug-likeness (QED) is 0.487. The monoisotopic (exact) mass is 437 g/mol. The zero-order valence-corrected chi connectivity index (χ0v) is 21.2. The molecule has 0 aliphatic carbocycles. The van der Waals surface area contributed by atoms with E-state index >= 15 is 0 Å². The number of allylic oxidation sites excluding steroid dienone is 2. The van der Waals surface area contributed by atoms with Crippen molar-refractivity contribution in [3.05, 3.63) is 52.7 Å². The molecule has 0 N–H and O–H groups in total. The first-order chi connectivity index (χ1) is 15.3. The molecule has 0 bridgehead atoms. The standard InChI is InChI=1S/C27H43N5/c1-8-9-23(4)30-12-10-29(11-13-30)20-26-19-27(22(3)18-21(26)2)24(5)31-14-16-32(17-15-31)25(6)28-7/h9,18-19H,5,8,10-17,20H2,1-4,6-7H3/b23-9+,28-25+. The van der Waals surface area contributed by atoms with E-state index in [9.17, 15) is 0 Å². The van der Waals surface area contributed by atoms with Crippen molar-refractivity contribution in [3.8, 4) is 0 Å². The van der Waals surface area contributed by atoms with Gasteiger partial charge in [-0.1, -0.05) is 25.6 Å². The van der Waals surface area contributed by atoms with Crippen LogP contribution in [0.1, 0.15) is 49.4 Å². The summed E-state index contributed by atoms with van der Waals surface area (Å²) in [5, 5.41) is 0. The van der Waals surface area contributed by atoms with Crippen molar-refractivity contribution in [3.63, 3.8) is 0 Å². The summed E-state index contributed by atoms with van der Waals surface area (Å²) in [5.41, 5.74) is 8.06. The minimum absolute atomic E-state index is 1.00. The summed E-state index contributed by atoms with van der Waals surface area (Å²) in [4.78, 5) is 14.3. The van der Waals surface area contributed by atoms with Gasteiger partial charge in [-0.3, -0.25) is 9.89 Å². The lowest BCUT2D eigenvalue weighted by molar-refractivity contribution is 0.152. The van der Waals surface area contributed by atoms with Crippen LogP contribution >= 0.6 is 0 Å². The van der Waals surface area contributed by atoms with Gasteiger partial charge < -0.3 is 14.7 Å². The van der Waals surface area contributed by atoms with Gasteiger partial charge in [-0.15, -0.1) is 0 Å². The molecule has 0 amide bonds. The van der Waals surface area contributed by atoms with Crippen LogP contribution in [0.3, 0.4) is 0 Å². The summed E-state index contributed by atoms with van der Waals surface area (Å²) in [5.74, 6) is 1.13. The Balaban J connectivity index is 1.65. The van der Waals surface area contributed by atoms with Gasteiger partial charge in [0.25, 0.3) is 0 Å². The molecule has 0 spiro atoms. The molecular weight excluding hydrogens is 394 g/mol. The van der Waals surface area contributed by atoms with Crippen LogP contribution in [-0.4, -0.2) is 84.8 Å². The smallest absolute Gasteiger partial charge is 0.0955 e. The van der Waals surface area contributed by atoms with E-state index in [-0.39, 0.29) is 0 Å². The molecule has 176 valence electrons. The van der Waals surface area contributed by atoms with Crippen LogP contribution < -0.4 is 0 Å². The number of aryl methyl sites for hydroxylation is 2. The summed E-state index contributed by atoms with van der Waals surface area (Å²) in [7, 11) is 1.88. The van der Waals surface area contributed by atoms with E-state index in [0.29, 0.717) is 0 Å². The highest BCUT2D eigenvalue weighted by Crippen LogP contribution is 2.27. The molecule has 1 aromatic rings. The lowest BCUT2D eigenvalue weighted by Gasteiger charge is -2.38. The highest BCUT2D eigenvalue weighted by Gasteiger charge is 2.22. The van der Waals surface area contributed by atoms with E-state index < -0.39 is 0 Å². The molecule has 2 fully saturated rings. The van der Waals surface area contributed by atoms with Crippen molar-refractivity contribution in [2.45, 2.75) is 47.6 Å². The summed E-state index contributed by atoms with van der Waals surface area (Å²) < 4.78 is 0. The maximum absolute atomic E-state index is 4.51. The maximum Gasteiger partial charge on any atom is 0.0955 e. The van der Waals surface area contributed by atoms with Crippen LogP contribution in [0.4, 0.5) is 0 Å². The van der Waals surface area contributed by atoms with Crippen LogP contribution in [0.2, 0.25) is 0 Å². The third-order valence-corrected chi connectivity index (χ3v) is 7.20. The van der Waals surface area contributed by atoms with Gasteiger partial charge in [0.05, 0.1) is 5.84 Å². The minimum Gasteiger partial charge on any atom is -0.373 e. The van der Waals surface area contributed by atoms with Crippen molar-refractivity contribution in [1.82, 2.24) is 19.6 Å². The van der Waals surface area contributed by atoms with Gasteiger partial charge in [0.2, 0.25) is 0 Å². The molecule has 0 saturated carbocycles. The maximum atomic E-state index is 4.51. The minimum atomic E-state index is 1.00. The van der Waals surface area contributed by atoms with Gasteiger partial charge in [-0.2, -0.15) is 0 Å². The average molecular weight is 438 g/mol. The van der Waals surface area contributed by atoms with Gasteiger partial charge in [-0.05, 0) is 56.9 Å². The fraction of sp³-hybridized carbons (Fsp3) is 0.593. The Morgan fingerprint density at radius 3 is 2.09 bits per heavy atom. The fourth-order valence-electron chi connectivity index (χ4n) is 4.91. The number of benzene rings is 1. The Kier molecular flexibility index (Phi) is 8.41. The fourth-order valence-corrected chi connectivity index (χ4v) is 4.91. The Morgan fingerprint density at radius 1 is 0.906 bits per heavy atom. The lowest BCUT2D eigenvalue weighted by atomic mass is 9.97. The molecule has 5 nitrogen and oxygen atoms in total. The molecule has 2 heterocycles. The number of aliphatic imine (C=N–C) groups is 1. The van der Waals surface area contributed by atoms with Crippen LogP contribution in [0, 0.1) is 13.8 Å². The molecule has 32 heavy (non-hydrogen) atoms. The van der Waals surface area contributed by atoms with Gasteiger partial charge in [0, 0.05) is 82.9 Å². The van der Waals surface area contributed by atoms with Gasteiger partial charge in [0.15, 0.2) is 0 Å². The Hall–Kier alpha value is -2.27. The van der Waals surface area contributed by atoms with Crippen molar-refractivity contribution >= 4 is 11.5 Å². The van der Waals surface area contributed by atoms with E-state index in [0.717, 1.165) is 71.2 Å². The molecule has 2 aliphatic rings. The second-order valence-electron chi connectivity index (χ2n) is 9.30. The first-order valence-electron chi connectivity index (χ1n) is 12.2. The summed E-state index contributed by atoms with van der Waals surface area (Å²) in [6.07, 6.45) is 3.45. The largest absolute Gasteiger partial charge is 0.373 e. The van der Waals surface area contributed by atoms with Gasteiger partial charge in [-0.25, -0.2) is 0 Å². The molecule has 2 aliphatic heterocycles. The second-order valence-corrected chi connectivity index (χ2v) is 9.30. The van der Waals surface area contributed by atoms with Crippen LogP contribution in [0.25, 0.3) is 5.70 Å². The highest BCUT2D eigenvalue weighted by molar-refractivity contribution is 5.79. The van der Waals surface area contributed by atoms with Gasteiger partial charge in [0.1, 0.15) is 0 Å². The van der Waals surface area contributed by atoms with Crippen LogP contribution in [0.5, 0.6) is 0 Å². The highest BCUT2D eigenvalue weighted by atomic mass is 15.3. The Bertz CT molecular complexity index is 853. The average Bonchev–Trinajstić information content (AvgIpc) is 2.80. The zero-order chi connectivity index (χ0) is 23.3. The predicted octanol–water partition coefficient (Wildman–Crippen LogP) is 4.37. The number of nitrogens with zero attached hydrogens (tertiary/aromatic N) is 5. The molecule has 0 aromatic heterocycles. The third-order valence-electron chi connectivity index (χ3n) is 7.20. The van der Waals surface area contributed by atoms with E-state index in [2.05, 4.69) is 84.0 Å². The van der Waals surface area contributed by atoms with E-state index in [4.69, 9.17) is 0 Å². The van der Waals surface area contributed by atoms with Crippen LogP contribution in [-0.2, 0) is 6.54 Å². The third kappa shape index (κ3) is 5.74. The second kappa shape index (κ2) is 11.0. The van der Waals surface area contributed by atoms with Gasteiger partial charge >= 0.3 is 0 Å². The Labute approximate surface area is 196 Å². The van der Waals surface area contributed by atoms with E-state index in [1.54, 1.807) is 0 Å². The molecule has 0 radical (unpaired) electrons. The molecule has 1 aromatic carbocycles. The number of rotatable bonds is 6. The first kappa shape index (κ1) is 24.4. The number of hydrogen-bond donors (Lipinski definition) is 0. The lowest BCUT2D eigenvalue weighted by Crippen LogP contribution is -2.47. The molecule has 0 atom stereocenters. The van der Waals surface area contributed by atoms with Crippen molar-refractivity contribution in [2.75, 3.05) is 59.4 Å². The molecule has 0 unspecified atom stereocenters.